The van der Waals surface area contributed by atoms with E-state index >= 15 is 0 Å². The third kappa shape index (κ3) is 5.67. The minimum Gasteiger partial charge on any atom is -0.463 e. The molecule has 4 aliphatic carbocycles. The van der Waals surface area contributed by atoms with Gasteiger partial charge in [-0.15, -0.1) is 0 Å². The average molecular weight is 597 g/mol. The van der Waals surface area contributed by atoms with Crippen molar-refractivity contribution in [2.45, 2.75) is 105 Å². The van der Waals surface area contributed by atoms with Crippen LogP contribution >= 0.6 is 0 Å². The Hall–Kier alpha value is -2.88. The average Bonchev–Trinajstić information content (AvgIpc) is 3.37. The number of hydrogen-bond donors (Lipinski definition) is 0. The zero-order valence-electron chi connectivity index (χ0n) is 27.5. The predicted molar refractivity (Wildman–Crippen MR) is 175 cm³/mol. The highest BCUT2D eigenvalue weighted by atomic mass is 16.5. The molecular formula is C40H52O4. The maximum Gasteiger partial charge on any atom is 0.302 e. The highest BCUT2D eigenvalue weighted by Crippen LogP contribution is 2.69. The summed E-state index contributed by atoms with van der Waals surface area (Å²) in [6, 6.07) is 21.5. The van der Waals surface area contributed by atoms with Crippen molar-refractivity contribution in [3.63, 3.8) is 0 Å². The molecule has 0 amide bonds. The Morgan fingerprint density at radius 2 is 1.45 bits per heavy atom. The molecule has 10 atom stereocenters. The van der Waals surface area contributed by atoms with Crippen LogP contribution in [0.15, 0.2) is 66.7 Å². The smallest absolute Gasteiger partial charge is 0.302 e. The number of rotatable bonds is 7. The summed E-state index contributed by atoms with van der Waals surface area (Å²) < 4.78 is 12.1. The van der Waals surface area contributed by atoms with Crippen LogP contribution in [0.25, 0.3) is 5.57 Å². The van der Waals surface area contributed by atoms with Crippen molar-refractivity contribution in [2.75, 3.05) is 0 Å². The van der Waals surface area contributed by atoms with Crippen LogP contribution in [0.4, 0.5) is 0 Å². The van der Waals surface area contributed by atoms with Crippen LogP contribution in [-0.2, 0) is 19.1 Å². The highest BCUT2D eigenvalue weighted by molar-refractivity contribution is 5.79. The second kappa shape index (κ2) is 12.5. The maximum atomic E-state index is 12.6. The van der Waals surface area contributed by atoms with Gasteiger partial charge in [-0.25, -0.2) is 0 Å². The zero-order valence-corrected chi connectivity index (χ0v) is 27.5. The van der Waals surface area contributed by atoms with E-state index in [4.69, 9.17) is 9.47 Å². The Bertz CT molecular complexity index is 1310. The van der Waals surface area contributed by atoms with E-state index in [1.165, 1.54) is 49.3 Å². The van der Waals surface area contributed by atoms with Gasteiger partial charge >= 0.3 is 11.9 Å². The normalized spacial score (nSPS) is 36.6. The Morgan fingerprint density at radius 3 is 2.07 bits per heavy atom. The zero-order chi connectivity index (χ0) is 31.1. The van der Waals surface area contributed by atoms with Gasteiger partial charge in [0.05, 0.1) is 0 Å². The van der Waals surface area contributed by atoms with Gasteiger partial charge in [-0.1, -0.05) is 87.5 Å². The summed E-state index contributed by atoms with van der Waals surface area (Å²) in [5.41, 5.74) is 4.01. The molecule has 0 spiro atoms. The van der Waals surface area contributed by atoms with Crippen LogP contribution in [0.2, 0.25) is 0 Å². The SMILES string of the molecule is CC(=O)O[C@H]1CC[C@@]2(C)[C@@H](CC[C@@H]3[C@@H]2C[C@H](OC(C)=O)[C@]2(C)[C@@H]([C@H](C)CC=C(c4ccccc4)c4ccccc4)CC[C@@H]32)C1. The number of benzene rings is 2. The van der Waals surface area contributed by atoms with Crippen LogP contribution in [0.1, 0.15) is 104 Å². The fourth-order valence-corrected chi connectivity index (χ4v) is 10.9. The van der Waals surface area contributed by atoms with E-state index in [1.807, 2.05) is 0 Å². The van der Waals surface area contributed by atoms with E-state index in [1.54, 1.807) is 6.92 Å². The van der Waals surface area contributed by atoms with Crippen molar-refractivity contribution < 1.29 is 19.1 Å². The minimum absolute atomic E-state index is 0.0160. The number of allylic oxidation sites excluding steroid dienone is 1. The third-order valence-electron chi connectivity index (χ3n) is 13.0. The second-order valence-corrected chi connectivity index (χ2v) is 15.1. The molecule has 0 bridgehead atoms. The molecule has 4 heteroatoms. The Kier molecular flexibility index (Phi) is 8.83. The van der Waals surface area contributed by atoms with Gasteiger partial charge in [-0.05, 0) is 115 Å². The molecule has 4 nitrogen and oxygen atoms in total. The van der Waals surface area contributed by atoms with Gasteiger partial charge in [0.2, 0.25) is 0 Å². The van der Waals surface area contributed by atoms with Crippen LogP contribution < -0.4 is 0 Å². The first-order valence-corrected chi connectivity index (χ1v) is 17.3. The summed E-state index contributed by atoms with van der Waals surface area (Å²) in [6.07, 6.45) is 12.4. The summed E-state index contributed by atoms with van der Waals surface area (Å²) in [4.78, 5) is 24.4. The number of esters is 2. The molecule has 6 rings (SSSR count). The maximum absolute atomic E-state index is 12.6. The lowest BCUT2D eigenvalue weighted by Gasteiger charge is -2.62. The van der Waals surface area contributed by atoms with Crippen molar-refractivity contribution in [3.8, 4) is 0 Å². The summed E-state index contributed by atoms with van der Waals surface area (Å²) in [6.45, 7) is 10.6. The Balaban J connectivity index is 1.26. The molecule has 44 heavy (non-hydrogen) atoms. The number of carbonyl (C=O) groups excluding carboxylic acids is 2. The molecule has 4 aliphatic rings. The van der Waals surface area contributed by atoms with Crippen LogP contribution in [0.3, 0.4) is 0 Å². The predicted octanol–water partition coefficient (Wildman–Crippen LogP) is 9.28. The van der Waals surface area contributed by atoms with E-state index in [2.05, 4.69) is 87.5 Å². The molecule has 4 saturated carbocycles. The van der Waals surface area contributed by atoms with Gasteiger partial charge in [-0.2, -0.15) is 0 Å². The molecule has 0 unspecified atom stereocenters. The molecule has 0 radical (unpaired) electrons. The van der Waals surface area contributed by atoms with E-state index in [0.29, 0.717) is 35.5 Å². The topological polar surface area (TPSA) is 52.6 Å². The van der Waals surface area contributed by atoms with Gasteiger partial charge in [0, 0.05) is 19.3 Å². The number of fused-ring (bicyclic) bond motifs is 5. The van der Waals surface area contributed by atoms with Crippen LogP contribution in [0, 0.1) is 46.3 Å². The molecular weight excluding hydrogens is 544 g/mol. The lowest BCUT2D eigenvalue weighted by atomic mass is 9.43. The van der Waals surface area contributed by atoms with Crippen LogP contribution in [0.5, 0.6) is 0 Å². The standard InChI is InChI=1S/C40H52O4/c1-26(16-18-33(29-12-8-6-9-13-29)30-14-10-7-11-15-30)35-20-21-36-34-19-17-31-24-32(43-27(2)41)22-23-39(31,4)37(34)25-38(40(35,36)5)44-28(3)42/h6-15,18,26,31-32,34-38H,16-17,19-25H2,1-5H3/t26-,31+,32+,34+,35-,36+,37+,38+,39+,40-/m1/s1. The second-order valence-electron chi connectivity index (χ2n) is 15.1. The largest absolute Gasteiger partial charge is 0.463 e. The fraction of sp³-hybridized carbons (Fsp3) is 0.600. The molecule has 2 aromatic carbocycles. The first kappa shape index (κ1) is 31.1. The Morgan fingerprint density at radius 1 is 0.818 bits per heavy atom. The van der Waals surface area contributed by atoms with Crippen molar-refractivity contribution in [2.24, 2.45) is 46.3 Å². The highest BCUT2D eigenvalue weighted by Gasteiger charge is 2.65. The Labute approximate surface area is 265 Å². The molecule has 236 valence electrons. The molecule has 0 N–H and O–H groups in total. The van der Waals surface area contributed by atoms with Gasteiger partial charge < -0.3 is 9.47 Å². The summed E-state index contributed by atoms with van der Waals surface area (Å²) >= 11 is 0. The lowest BCUT2D eigenvalue weighted by molar-refractivity contribution is -0.197. The molecule has 4 fully saturated rings. The van der Waals surface area contributed by atoms with Gasteiger partial charge in [0.1, 0.15) is 12.2 Å². The van der Waals surface area contributed by atoms with Crippen molar-refractivity contribution in [1.82, 2.24) is 0 Å². The molecule has 2 aromatic rings. The van der Waals surface area contributed by atoms with E-state index < -0.39 is 0 Å². The number of hydrogen-bond acceptors (Lipinski definition) is 4. The van der Waals surface area contributed by atoms with Crippen LogP contribution in [-0.4, -0.2) is 24.1 Å². The molecule has 0 saturated heterocycles. The van der Waals surface area contributed by atoms with E-state index in [-0.39, 0.29) is 35.0 Å². The van der Waals surface area contributed by atoms with Crippen molar-refractivity contribution in [3.05, 3.63) is 77.9 Å². The monoisotopic (exact) mass is 596 g/mol. The molecule has 0 heterocycles. The van der Waals surface area contributed by atoms with E-state index in [0.717, 1.165) is 32.1 Å². The third-order valence-corrected chi connectivity index (χ3v) is 13.0. The summed E-state index contributed by atoms with van der Waals surface area (Å²) in [5.74, 6) is 3.07. The summed E-state index contributed by atoms with van der Waals surface area (Å²) in [5, 5.41) is 0. The summed E-state index contributed by atoms with van der Waals surface area (Å²) in [7, 11) is 0. The number of carbonyl (C=O) groups is 2. The quantitative estimate of drug-likeness (QED) is 0.299. The minimum atomic E-state index is -0.156. The van der Waals surface area contributed by atoms with Gasteiger partial charge in [0.25, 0.3) is 0 Å². The molecule has 0 aromatic heterocycles. The van der Waals surface area contributed by atoms with E-state index in [9.17, 15) is 9.59 Å². The lowest BCUT2D eigenvalue weighted by Crippen LogP contribution is -2.59. The first-order chi connectivity index (χ1) is 21.1. The molecule has 0 aliphatic heterocycles. The van der Waals surface area contributed by atoms with Gasteiger partial charge in [0.15, 0.2) is 0 Å². The number of ether oxygens (including phenoxy) is 2. The van der Waals surface area contributed by atoms with Crippen molar-refractivity contribution >= 4 is 17.5 Å². The first-order valence-electron chi connectivity index (χ1n) is 17.3. The van der Waals surface area contributed by atoms with Gasteiger partial charge in [-0.3, -0.25) is 9.59 Å². The fourth-order valence-electron chi connectivity index (χ4n) is 10.9. The van der Waals surface area contributed by atoms with Crippen molar-refractivity contribution in [1.29, 1.82) is 0 Å².